The van der Waals surface area contributed by atoms with Gasteiger partial charge in [-0.25, -0.2) is 0 Å². The predicted octanol–water partition coefficient (Wildman–Crippen LogP) is 2.41. The molecule has 0 aromatic heterocycles. The van der Waals surface area contributed by atoms with E-state index in [9.17, 15) is 9.59 Å². The summed E-state index contributed by atoms with van der Waals surface area (Å²) in [6, 6.07) is 17.6. The van der Waals surface area contributed by atoms with E-state index in [1.807, 2.05) is 61.6 Å². The monoisotopic (exact) mass is 306 g/mol. The van der Waals surface area contributed by atoms with Gasteiger partial charge >= 0.3 is 0 Å². The lowest BCUT2D eigenvalue weighted by Gasteiger charge is -2.33. The van der Waals surface area contributed by atoms with Gasteiger partial charge in [-0.3, -0.25) is 14.5 Å². The maximum Gasteiger partial charge on any atom is 0.237 e. The highest BCUT2D eigenvalue weighted by molar-refractivity contribution is 6.09. The molecule has 2 heterocycles. The van der Waals surface area contributed by atoms with Crippen molar-refractivity contribution in [3.8, 4) is 0 Å². The first kappa shape index (κ1) is 14.0. The minimum atomic E-state index is -0.335. The molecule has 0 spiro atoms. The van der Waals surface area contributed by atoms with Crippen LogP contribution in [0, 0.1) is 5.92 Å². The Hall–Kier alpha value is -2.62. The first-order valence-corrected chi connectivity index (χ1v) is 7.86. The normalized spacial score (nSPS) is 23.0. The van der Waals surface area contributed by atoms with Crippen molar-refractivity contribution in [1.29, 1.82) is 0 Å². The quantitative estimate of drug-likeness (QED) is 0.800. The van der Waals surface area contributed by atoms with Crippen molar-refractivity contribution in [2.24, 2.45) is 5.92 Å². The van der Waals surface area contributed by atoms with Gasteiger partial charge in [0.05, 0.1) is 18.4 Å². The molecule has 2 atom stereocenters. The fourth-order valence-corrected chi connectivity index (χ4v) is 3.74. The van der Waals surface area contributed by atoms with Gasteiger partial charge in [-0.15, -0.1) is 0 Å². The molecule has 0 unspecified atom stereocenters. The van der Waals surface area contributed by atoms with E-state index in [0.717, 1.165) is 16.8 Å². The Morgan fingerprint density at radius 1 is 0.957 bits per heavy atom. The lowest BCUT2D eigenvalue weighted by atomic mass is 9.83. The van der Waals surface area contributed by atoms with Crippen molar-refractivity contribution in [3.63, 3.8) is 0 Å². The van der Waals surface area contributed by atoms with Gasteiger partial charge in [-0.1, -0.05) is 48.5 Å². The molecule has 0 radical (unpaired) electrons. The zero-order chi connectivity index (χ0) is 16.0. The third-order valence-corrected chi connectivity index (χ3v) is 4.85. The van der Waals surface area contributed by atoms with Crippen LogP contribution in [0.2, 0.25) is 0 Å². The minimum absolute atomic E-state index is 0.0507. The van der Waals surface area contributed by atoms with Crippen LogP contribution in [0.1, 0.15) is 17.0 Å². The van der Waals surface area contributed by atoms with Crippen LogP contribution < -0.4 is 4.90 Å². The second kappa shape index (κ2) is 5.23. The van der Waals surface area contributed by atoms with Crippen LogP contribution in [0.25, 0.3) is 0 Å². The van der Waals surface area contributed by atoms with E-state index in [1.165, 1.54) is 4.90 Å². The molecule has 1 saturated heterocycles. The van der Waals surface area contributed by atoms with E-state index in [4.69, 9.17) is 0 Å². The minimum Gasteiger partial charge on any atom is -0.374 e. The first-order valence-electron chi connectivity index (χ1n) is 7.86. The summed E-state index contributed by atoms with van der Waals surface area (Å²) in [5.74, 6) is -0.723. The Morgan fingerprint density at radius 2 is 1.65 bits per heavy atom. The molecule has 2 aliphatic heterocycles. The van der Waals surface area contributed by atoms with E-state index in [1.54, 1.807) is 0 Å². The maximum atomic E-state index is 12.9. The lowest BCUT2D eigenvalue weighted by Crippen LogP contribution is -2.37. The Balaban J connectivity index is 1.70. The molecule has 23 heavy (non-hydrogen) atoms. The van der Waals surface area contributed by atoms with E-state index in [-0.39, 0.29) is 23.7 Å². The molecular weight excluding hydrogens is 288 g/mol. The maximum absolute atomic E-state index is 12.9. The standard InChI is InChI=1S/C19H18N2O2/c1-20-12-15-17(14-9-5-6-10-16(14)20)19(23)21(18(15)22)11-13-7-3-2-4-8-13/h2-10,15,17H,11-12H2,1H3/t15-,17+/m1/s1. The second-order valence-corrected chi connectivity index (χ2v) is 6.27. The summed E-state index contributed by atoms with van der Waals surface area (Å²) >= 11 is 0. The van der Waals surface area contributed by atoms with Gasteiger partial charge in [-0.05, 0) is 17.2 Å². The molecule has 2 amide bonds. The van der Waals surface area contributed by atoms with Crippen LogP contribution >= 0.6 is 0 Å². The molecule has 4 rings (SSSR count). The van der Waals surface area contributed by atoms with Crippen molar-refractivity contribution in [3.05, 3.63) is 65.7 Å². The smallest absolute Gasteiger partial charge is 0.237 e. The predicted molar refractivity (Wildman–Crippen MR) is 87.9 cm³/mol. The zero-order valence-corrected chi connectivity index (χ0v) is 13.0. The third-order valence-electron chi connectivity index (χ3n) is 4.85. The number of para-hydroxylation sites is 1. The molecule has 2 aromatic carbocycles. The zero-order valence-electron chi connectivity index (χ0n) is 13.0. The molecule has 2 aliphatic rings. The number of benzene rings is 2. The summed E-state index contributed by atoms with van der Waals surface area (Å²) in [6.07, 6.45) is 0. The molecule has 0 N–H and O–H groups in total. The summed E-state index contributed by atoms with van der Waals surface area (Å²) in [7, 11) is 1.98. The van der Waals surface area contributed by atoms with Crippen LogP contribution in [-0.4, -0.2) is 30.3 Å². The molecule has 4 nitrogen and oxygen atoms in total. The number of anilines is 1. The third kappa shape index (κ3) is 2.13. The Bertz CT molecular complexity index is 772. The van der Waals surface area contributed by atoms with Gasteiger partial charge in [0.25, 0.3) is 0 Å². The average molecular weight is 306 g/mol. The molecule has 4 heteroatoms. The molecule has 116 valence electrons. The fraction of sp³-hybridized carbons (Fsp3) is 0.263. The van der Waals surface area contributed by atoms with Crippen LogP contribution in [0.15, 0.2) is 54.6 Å². The second-order valence-electron chi connectivity index (χ2n) is 6.27. The average Bonchev–Trinajstić information content (AvgIpc) is 2.81. The number of nitrogens with zero attached hydrogens (tertiary/aromatic N) is 2. The van der Waals surface area contributed by atoms with Crippen molar-refractivity contribution in [2.45, 2.75) is 12.5 Å². The molecule has 0 bridgehead atoms. The molecule has 1 fully saturated rings. The van der Waals surface area contributed by atoms with Crippen molar-refractivity contribution < 1.29 is 9.59 Å². The highest BCUT2D eigenvalue weighted by atomic mass is 16.2. The van der Waals surface area contributed by atoms with Crippen molar-refractivity contribution in [1.82, 2.24) is 4.90 Å². The highest BCUT2D eigenvalue weighted by Gasteiger charge is 2.51. The Kier molecular flexibility index (Phi) is 3.18. The summed E-state index contributed by atoms with van der Waals surface area (Å²) < 4.78 is 0. The topological polar surface area (TPSA) is 40.6 Å². The van der Waals surface area contributed by atoms with Gasteiger partial charge in [-0.2, -0.15) is 0 Å². The number of carbonyl (C=O) groups is 2. The number of likely N-dealkylation sites (tertiary alicyclic amines) is 1. The number of hydrogen-bond donors (Lipinski definition) is 0. The van der Waals surface area contributed by atoms with Crippen LogP contribution in [0.5, 0.6) is 0 Å². The van der Waals surface area contributed by atoms with Gasteiger partial charge in [0.15, 0.2) is 0 Å². The van der Waals surface area contributed by atoms with Crippen molar-refractivity contribution in [2.75, 3.05) is 18.5 Å². The fourth-order valence-electron chi connectivity index (χ4n) is 3.74. The number of imide groups is 1. The largest absolute Gasteiger partial charge is 0.374 e. The van der Waals surface area contributed by atoms with Crippen LogP contribution in [0.4, 0.5) is 5.69 Å². The first-order chi connectivity index (χ1) is 11.2. The summed E-state index contributed by atoms with van der Waals surface area (Å²) in [5, 5.41) is 0. The van der Waals surface area contributed by atoms with Gasteiger partial charge in [0.2, 0.25) is 11.8 Å². The Morgan fingerprint density at radius 3 is 2.43 bits per heavy atom. The highest BCUT2D eigenvalue weighted by Crippen LogP contribution is 2.43. The lowest BCUT2D eigenvalue weighted by molar-refractivity contribution is -0.140. The van der Waals surface area contributed by atoms with Gasteiger partial charge < -0.3 is 4.90 Å². The molecule has 2 aromatic rings. The number of amides is 2. The van der Waals surface area contributed by atoms with E-state index >= 15 is 0 Å². The van der Waals surface area contributed by atoms with E-state index in [0.29, 0.717) is 13.1 Å². The van der Waals surface area contributed by atoms with E-state index < -0.39 is 0 Å². The van der Waals surface area contributed by atoms with Crippen LogP contribution in [0.3, 0.4) is 0 Å². The molecule has 0 aliphatic carbocycles. The molecule has 0 saturated carbocycles. The van der Waals surface area contributed by atoms with Gasteiger partial charge in [0.1, 0.15) is 0 Å². The summed E-state index contributed by atoms with van der Waals surface area (Å²) in [6.45, 7) is 0.953. The van der Waals surface area contributed by atoms with Crippen molar-refractivity contribution >= 4 is 17.5 Å². The molecular formula is C19H18N2O2. The van der Waals surface area contributed by atoms with E-state index in [2.05, 4.69) is 4.90 Å². The van der Waals surface area contributed by atoms with Gasteiger partial charge in [0, 0.05) is 19.3 Å². The number of fused-ring (bicyclic) bond motifs is 3. The SMILES string of the molecule is CN1C[C@H]2C(=O)N(Cc3ccccc3)C(=O)[C@H]2c2ccccc21. The number of rotatable bonds is 2. The number of hydrogen-bond acceptors (Lipinski definition) is 3. The summed E-state index contributed by atoms with van der Waals surface area (Å²) in [5.41, 5.74) is 3.01. The summed E-state index contributed by atoms with van der Waals surface area (Å²) in [4.78, 5) is 29.2. The Labute approximate surface area is 135 Å². The number of carbonyl (C=O) groups excluding carboxylic acids is 2. The van der Waals surface area contributed by atoms with Crippen LogP contribution in [-0.2, 0) is 16.1 Å².